The topological polar surface area (TPSA) is 76.7 Å². The zero-order valence-corrected chi connectivity index (χ0v) is 13.7. The first kappa shape index (κ1) is 16.4. The summed E-state index contributed by atoms with van der Waals surface area (Å²) in [7, 11) is 0. The van der Waals surface area contributed by atoms with Gasteiger partial charge in [-0.2, -0.15) is 28.1 Å². The standard InChI is InChI=1S/C15H14F3N5S/c1-7-3-4-10-9(5-7)6-11(24-10)8(2)20-14-22-12(15(16,17)18)21-13(19)23-14/h3-6,8H,1-2H3,(H3,19,20,21,22,23). The quantitative estimate of drug-likeness (QED) is 0.739. The highest BCUT2D eigenvalue weighted by Crippen LogP contribution is 2.32. The van der Waals surface area contributed by atoms with Gasteiger partial charge in [0.1, 0.15) is 0 Å². The van der Waals surface area contributed by atoms with Crippen molar-refractivity contribution in [3.05, 3.63) is 40.5 Å². The SMILES string of the molecule is Cc1ccc2sc(C(C)Nc3nc(N)nc(C(F)(F)F)n3)cc2c1. The van der Waals surface area contributed by atoms with Crippen LogP contribution in [0, 0.1) is 6.92 Å². The van der Waals surface area contributed by atoms with Gasteiger partial charge in [0.25, 0.3) is 0 Å². The van der Waals surface area contributed by atoms with Gasteiger partial charge in [-0.25, -0.2) is 0 Å². The second-order valence-corrected chi connectivity index (χ2v) is 6.51. The number of aryl methyl sites for hydroxylation is 1. The van der Waals surface area contributed by atoms with E-state index < -0.39 is 17.9 Å². The van der Waals surface area contributed by atoms with Crippen LogP contribution < -0.4 is 11.1 Å². The number of nitrogens with one attached hydrogen (secondary N) is 1. The Balaban J connectivity index is 1.88. The van der Waals surface area contributed by atoms with E-state index in [2.05, 4.69) is 26.3 Å². The van der Waals surface area contributed by atoms with Crippen molar-refractivity contribution in [1.29, 1.82) is 0 Å². The number of anilines is 2. The van der Waals surface area contributed by atoms with Crippen LogP contribution >= 0.6 is 11.3 Å². The first-order valence-corrected chi connectivity index (χ1v) is 7.89. The van der Waals surface area contributed by atoms with E-state index in [0.29, 0.717) is 0 Å². The molecule has 5 nitrogen and oxygen atoms in total. The van der Waals surface area contributed by atoms with Gasteiger partial charge in [-0.1, -0.05) is 17.7 Å². The average Bonchev–Trinajstić information content (AvgIpc) is 2.88. The largest absolute Gasteiger partial charge is 0.451 e. The number of hydrogen-bond donors (Lipinski definition) is 2. The summed E-state index contributed by atoms with van der Waals surface area (Å²) in [6.45, 7) is 3.83. The third kappa shape index (κ3) is 3.40. The molecule has 24 heavy (non-hydrogen) atoms. The van der Waals surface area contributed by atoms with E-state index in [1.54, 1.807) is 11.3 Å². The molecule has 0 radical (unpaired) electrons. The van der Waals surface area contributed by atoms with Gasteiger partial charge in [-0.15, -0.1) is 11.3 Å². The van der Waals surface area contributed by atoms with Crippen molar-refractivity contribution in [1.82, 2.24) is 15.0 Å². The molecule has 0 saturated heterocycles. The molecule has 0 saturated carbocycles. The van der Waals surface area contributed by atoms with Crippen LogP contribution in [0.15, 0.2) is 24.3 Å². The lowest BCUT2D eigenvalue weighted by atomic mass is 10.1. The first-order chi connectivity index (χ1) is 11.2. The molecular formula is C15H14F3N5S. The first-order valence-electron chi connectivity index (χ1n) is 7.08. The summed E-state index contributed by atoms with van der Waals surface area (Å²) in [5, 5.41) is 3.95. The molecule has 0 fully saturated rings. The van der Waals surface area contributed by atoms with E-state index in [0.717, 1.165) is 20.5 Å². The van der Waals surface area contributed by atoms with Crippen LogP contribution in [0.2, 0.25) is 0 Å². The fraction of sp³-hybridized carbons (Fsp3) is 0.267. The summed E-state index contributed by atoms with van der Waals surface area (Å²) >= 11 is 1.56. The van der Waals surface area contributed by atoms with Crippen molar-refractivity contribution >= 4 is 33.3 Å². The lowest BCUT2D eigenvalue weighted by Crippen LogP contribution is -2.17. The van der Waals surface area contributed by atoms with Crippen LogP contribution in [0.5, 0.6) is 0 Å². The summed E-state index contributed by atoms with van der Waals surface area (Å²) in [5.74, 6) is -1.98. The minimum Gasteiger partial charge on any atom is -0.368 e. The van der Waals surface area contributed by atoms with Crippen molar-refractivity contribution in [3.63, 3.8) is 0 Å². The number of nitrogens with two attached hydrogens (primary N) is 1. The Bertz CT molecular complexity index is 890. The Morgan fingerprint density at radius 3 is 2.62 bits per heavy atom. The molecule has 3 N–H and O–H groups in total. The highest BCUT2D eigenvalue weighted by molar-refractivity contribution is 7.19. The molecular weight excluding hydrogens is 339 g/mol. The fourth-order valence-electron chi connectivity index (χ4n) is 2.25. The molecule has 1 atom stereocenters. The van der Waals surface area contributed by atoms with E-state index >= 15 is 0 Å². The van der Waals surface area contributed by atoms with E-state index in [4.69, 9.17) is 5.73 Å². The fourth-order valence-corrected chi connectivity index (χ4v) is 3.29. The van der Waals surface area contributed by atoms with Crippen LogP contribution in [-0.2, 0) is 6.18 Å². The van der Waals surface area contributed by atoms with E-state index in [1.807, 2.05) is 32.0 Å². The molecule has 0 bridgehead atoms. The highest BCUT2D eigenvalue weighted by atomic mass is 32.1. The Hall–Kier alpha value is -2.42. The number of aromatic nitrogens is 3. The molecule has 0 spiro atoms. The van der Waals surface area contributed by atoms with Crippen LogP contribution in [-0.4, -0.2) is 15.0 Å². The molecule has 3 rings (SSSR count). The molecule has 0 amide bonds. The average molecular weight is 353 g/mol. The second-order valence-electron chi connectivity index (χ2n) is 5.39. The number of alkyl halides is 3. The van der Waals surface area contributed by atoms with Gasteiger partial charge >= 0.3 is 6.18 Å². The normalized spacial score (nSPS) is 13.2. The molecule has 3 aromatic rings. The third-order valence-electron chi connectivity index (χ3n) is 3.37. The Morgan fingerprint density at radius 2 is 1.92 bits per heavy atom. The number of nitrogen functional groups attached to an aromatic ring is 1. The van der Waals surface area contributed by atoms with Gasteiger partial charge < -0.3 is 11.1 Å². The smallest absolute Gasteiger partial charge is 0.368 e. The molecule has 0 aliphatic heterocycles. The molecule has 2 aromatic heterocycles. The van der Waals surface area contributed by atoms with Gasteiger partial charge in [-0.05, 0) is 31.4 Å². The number of rotatable bonds is 3. The van der Waals surface area contributed by atoms with Gasteiger partial charge in [0.2, 0.25) is 17.7 Å². The van der Waals surface area contributed by atoms with Crippen molar-refractivity contribution in [2.75, 3.05) is 11.1 Å². The maximum absolute atomic E-state index is 12.8. The lowest BCUT2D eigenvalue weighted by Gasteiger charge is -2.13. The van der Waals surface area contributed by atoms with Crippen molar-refractivity contribution in [3.8, 4) is 0 Å². The number of thiophene rings is 1. The van der Waals surface area contributed by atoms with Gasteiger partial charge in [0.05, 0.1) is 6.04 Å². The highest BCUT2D eigenvalue weighted by Gasteiger charge is 2.35. The molecule has 126 valence electrons. The van der Waals surface area contributed by atoms with Crippen LogP contribution in [0.4, 0.5) is 25.1 Å². The maximum atomic E-state index is 12.8. The number of fused-ring (bicyclic) bond motifs is 1. The zero-order valence-electron chi connectivity index (χ0n) is 12.8. The summed E-state index contributed by atoms with van der Waals surface area (Å²) in [4.78, 5) is 11.2. The molecule has 1 aromatic carbocycles. The van der Waals surface area contributed by atoms with Crippen molar-refractivity contribution in [2.45, 2.75) is 26.1 Å². The monoisotopic (exact) mass is 353 g/mol. The van der Waals surface area contributed by atoms with E-state index in [1.165, 1.54) is 0 Å². The summed E-state index contributed by atoms with van der Waals surface area (Å²) < 4.78 is 39.4. The molecule has 1 unspecified atom stereocenters. The number of hydrogen-bond acceptors (Lipinski definition) is 6. The molecule has 9 heteroatoms. The Kier molecular flexibility index (Phi) is 4.04. The number of nitrogens with zero attached hydrogens (tertiary/aromatic N) is 3. The third-order valence-corrected chi connectivity index (χ3v) is 4.67. The van der Waals surface area contributed by atoms with Crippen LogP contribution in [0.3, 0.4) is 0 Å². The predicted molar refractivity (Wildman–Crippen MR) is 87.8 cm³/mol. The molecule has 0 aliphatic rings. The van der Waals surface area contributed by atoms with Gasteiger partial charge in [-0.3, -0.25) is 0 Å². The van der Waals surface area contributed by atoms with Gasteiger partial charge in [0.15, 0.2) is 0 Å². The van der Waals surface area contributed by atoms with E-state index in [-0.39, 0.29) is 12.0 Å². The van der Waals surface area contributed by atoms with Crippen molar-refractivity contribution in [2.24, 2.45) is 0 Å². The van der Waals surface area contributed by atoms with Gasteiger partial charge in [0, 0.05) is 9.58 Å². The number of halogens is 3. The Labute approximate surface area is 139 Å². The summed E-state index contributed by atoms with van der Waals surface area (Å²) in [5.41, 5.74) is 6.49. The zero-order chi connectivity index (χ0) is 17.5. The minimum atomic E-state index is -4.67. The predicted octanol–water partition coefficient (Wildman–Crippen LogP) is 4.17. The maximum Gasteiger partial charge on any atom is 0.451 e. The van der Waals surface area contributed by atoms with Crippen molar-refractivity contribution < 1.29 is 13.2 Å². The summed E-state index contributed by atoms with van der Waals surface area (Å²) in [6, 6.07) is 7.83. The lowest BCUT2D eigenvalue weighted by molar-refractivity contribution is -0.144. The van der Waals surface area contributed by atoms with E-state index in [9.17, 15) is 13.2 Å². The minimum absolute atomic E-state index is 0.198. The summed E-state index contributed by atoms with van der Waals surface area (Å²) in [6.07, 6.45) is -4.67. The Morgan fingerprint density at radius 1 is 1.17 bits per heavy atom. The number of benzene rings is 1. The second kappa shape index (κ2) is 5.90. The van der Waals surface area contributed by atoms with Crippen LogP contribution in [0.25, 0.3) is 10.1 Å². The van der Waals surface area contributed by atoms with Crippen LogP contribution in [0.1, 0.15) is 29.2 Å². The molecule has 2 heterocycles. The molecule has 0 aliphatic carbocycles.